The van der Waals surface area contributed by atoms with E-state index in [1.54, 1.807) is 24.3 Å². The van der Waals surface area contributed by atoms with Gasteiger partial charge in [0.05, 0.1) is 21.7 Å². The minimum atomic E-state index is -4.68. The van der Waals surface area contributed by atoms with Crippen LogP contribution in [0.2, 0.25) is 0 Å². The van der Waals surface area contributed by atoms with E-state index in [-0.39, 0.29) is 16.7 Å². The fourth-order valence-corrected chi connectivity index (χ4v) is 5.70. The number of carboxylic acids is 2. The van der Waals surface area contributed by atoms with Gasteiger partial charge in [0.25, 0.3) is 10.1 Å². The largest absolute Gasteiger partial charge is 0.478 e. The van der Waals surface area contributed by atoms with Crippen molar-refractivity contribution in [3.8, 4) is 0 Å². The molecule has 0 aliphatic carbocycles. The predicted molar refractivity (Wildman–Crippen MR) is 173 cm³/mol. The van der Waals surface area contributed by atoms with Crippen LogP contribution in [0.4, 0.5) is 22.7 Å². The molecule has 0 saturated heterocycles. The van der Waals surface area contributed by atoms with Crippen LogP contribution >= 0.6 is 0 Å². The van der Waals surface area contributed by atoms with E-state index in [1.165, 1.54) is 12.1 Å². The van der Waals surface area contributed by atoms with Crippen molar-refractivity contribution >= 4 is 44.8 Å². The number of hydrogen-bond donors (Lipinski definition) is 5. The Bertz CT molecular complexity index is 2020. The van der Waals surface area contributed by atoms with E-state index in [9.17, 15) is 32.8 Å². The molecule has 0 aromatic heterocycles. The summed E-state index contributed by atoms with van der Waals surface area (Å²) in [7, 11) is -4.68. The minimum absolute atomic E-state index is 0.0370. The number of anilines is 4. The Labute approximate surface area is 260 Å². The summed E-state index contributed by atoms with van der Waals surface area (Å²) in [6.45, 7) is 3.88. The molecule has 0 aliphatic rings. The van der Waals surface area contributed by atoms with Crippen molar-refractivity contribution in [2.24, 2.45) is 0 Å². The number of para-hydroxylation sites is 2. The molecular weight excluding hydrogens is 592 g/mol. The van der Waals surface area contributed by atoms with Gasteiger partial charge in [-0.2, -0.15) is 8.42 Å². The molecule has 9 nitrogen and oxygen atoms in total. The highest BCUT2D eigenvalue weighted by molar-refractivity contribution is 7.85. The van der Waals surface area contributed by atoms with E-state index < -0.39 is 32.9 Å². The third-order valence-corrected chi connectivity index (χ3v) is 8.40. The standard InChI is InChI=1S/C35H30N2O7S/c1-21-7-3-5-9-30(21)36-25-14-11-23(12-15-25)33(27-17-16-26(45(42,43)44)20-28(27)34(38)39)24-13-18-32(29(19-24)35(40)41)37-31-10-6-4-8-22(31)2/h3-20,33,36-37H,1-2H3,(H,38,39)(H,40,41)(H,42,43,44). The summed E-state index contributed by atoms with van der Waals surface area (Å²) in [5, 5.41) is 26.8. The smallest absolute Gasteiger partial charge is 0.337 e. The van der Waals surface area contributed by atoms with E-state index in [2.05, 4.69) is 10.6 Å². The Morgan fingerprint density at radius 1 is 0.622 bits per heavy atom. The van der Waals surface area contributed by atoms with Crippen molar-refractivity contribution in [3.63, 3.8) is 0 Å². The van der Waals surface area contributed by atoms with Gasteiger partial charge in [-0.05, 0) is 90.2 Å². The van der Waals surface area contributed by atoms with Gasteiger partial charge in [-0.1, -0.05) is 60.7 Å². The maximum atomic E-state index is 12.5. The van der Waals surface area contributed by atoms with Crippen molar-refractivity contribution in [1.82, 2.24) is 0 Å². The lowest BCUT2D eigenvalue weighted by atomic mass is 9.82. The van der Waals surface area contributed by atoms with E-state index in [4.69, 9.17) is 0 Å². The predicted octanol–water partition coefficient (Wildman–Crippen LogP) is 7.61. The van der Waals surface area contributed by atoms with E-state index in [0.717, 1.165) is 40.3 Å². The summed E-state index contributed by atoms with van der Waals surface area (Å²) in [5.41, 5.74) is 5.65. The summed E-state index contributed by atoms with van der Waals surface area (Å²) in [6.07, 6.45) is 0. The molecule has 5 aromatic rings. The first-order valence-corrected chi connectivity index (χ1v) is 15.3. The molecule has 0 radical (unpaired) electrons. The minimum Gasteiger partial charge on any atom is -0.478 e. The normalized spacial score (nSPS) is 11.9. The van der Waals surface area contributed by atoms with Crippen LogP contribution in [0.5, 0.6) is 0 Å². The second kappa shape index (κ2) is 12.7. The van der Waals surface area contributed by atoms with Gasteiger partial charge in [0.15, 0.2) is 0 Å². The summed E-state index contributed by atoms with van der Waals surface area (Å²) < 4.78 is 33.3. The molecular formula is C35H30N2O7S. The van der Waals surface area contributed by atoms with Gasteiger partial charge in [0.2, 0.25) is 0 Å². The number of hydrogen-bond acceptors (Lipinski definition) is 6. The Morgan fingerprint density at radius 3 is 1.73 bits per heavy atom. The lowest BCUT2D eigenvalue weighted by Gasteiger charge is -2.23. The fraction of sp³-hybridized carbons (Fsp3) is 0.0857. The third kappa shape index (κ3) is 6.87. The zero-order chi connectivity index (χ0) is 32.3. The molecule has 0 aliphatic heterocycles. The number of rotatable bonds is 10. The van der Waals surface area contributed by atoms with Crippen LogP contribution in [0.15, 0.2) is 114 Å². The topological polar surface area (TPSA) is 153 Å². The molecule has 0 heterocycles. The highest BCUT2D eigenvalue weighted by atomic mass is 32.2. The number of carboxylic acid groups (broad SMARTS) is 2. The van der Waals surface area contributed by atoms with Crippen LogP contribution < -0.4 is 10.6 Å². The first-order chi connectivity index (χ1) is 21.4. The molecule has 5 N–H and O–H groups in total. The Morgan fingerprint density at radius 2 is 1.18 bits per heavy atom. The van der Waals surface area contributed by atoms with Crippen LogP contribution in [0.25, 0.3) is 0 Å². The molecule has 45 heavy (non-hydrogen) atoms. The monoisotopic (exact) mass is 622 g/mol. The lowest BCUT2D eigenvalue weighted by Crippen LogP contribution is -2.13. The number of carbonyl (C=O) groups is 2. The average molecular weight is 623 g/mol. The van der Waals surface area contributed by atoms with Crippen molar-refractivity contribution in [2.75, 3.05) is 10.6 Å². The van der Waals surface area contributed by atoms with Crippen molar-refractivity contribution in [3.05, 3.63) is 148 Å². The summed E-state index contributed by atoms with van der Waals surface area (Å²) in [5.74, 6) is -3.41. The summed E-state index contributed by atoms with van der Waals surface area (Å²) in [6, 6.07) is 30.7. The lowest BCUT2D eigenvalue weighted by molar-refractivity contribution is 0.0685. The van der Waals surface area contributed by atoms with Gasteiger partial charge < -0.3 is 20.8 Å². The van der Waals surface area contributed by atoms with E-state index in [0.29, 0.717) is 16.8 Å². The summed E-state index contributed by atoms with van der Waals surface area (Å²) >= 11 is 0. The number of benzene rings is 5. The van der Waals surface area contributed by atoms with Crippen molar-refractivity contribution in [1.29, 1.82) is 0 Å². The van der Waals surface area contributed by atoms with Crippen LogP contribution in [-0.2, 0) is 10.1 Å². The van der Waals surface area contributed by atoms with Gasteiger partial charge in [-0.15, -0.1) is 0 Å². The molecule has 0 bridgehead atoms. The number of nitrogens with one attached hydrogen (secondary N) is 2. The molecule has 0 spiro atoms. The maximum Gasteiger partial charge on any atom is 0.337 e. The fourth-order valence-electron chi connectivity index (χ4n) is 5.20. The zero-order valence-electron chi connectivity index (χ0n) is 24.4. The van der Waals surface area contributed by atoms with Crippen molar-refractivity contribution in [2.45, 2.75) is 24.7 Å². The van der Waals surface area contributed by atoms with Gasteiger partial charge in [0, 0.05) is 23.0 Å². The molecule has 0 saturated carbocycles. The number of aromatic carboxylic acids is 2. The molecule has 1 unspecified atom stereocenters. The van der Waals surface area contributed by atoms with Gasteiger partial charge in [0.1, 0.15) is 0 Å². The average Bonchev–Trinajstić information content (AvgIpc) is 3.00. The Kier molecular flexibility index (Phi) is 8.71. The van der Waals surface area contributed by atoms with Gasteiger partial charge in [-0.3, -0.25) is 4.55 Å². The maximum absolute atomic E-state index is 12.5. The molecule has 0 fully saturated rings. The van der Waals surface area contributed by atoms with Crippen LogP contribution in [-0.4, -0.2) is 35.1 Å². The number of aryl methyl sites for hydroxylation is 2. The highest BCUT2D eigenvalue weighted by Crippen LogP contribution is 2.38. The van der Waals surface area contributed by atoms with Gasteiger partial charge >= 0.3 is 11.9 Å². The molecule has 5 aromatic carbocycles. The molecule has 10 heteroatoms. The van der Waals surface area contributed by atoms with Crippen molar-refractivity contribution < 1.29 is 32.8 Å². The van der Waals surface area contributed by atoms with Gasteiger partial charge in [-0.25, -0.2) is 9.59 Å². The second-order valence-corrected chi connectivity index (χ2v) is 12.0. The quantitative estimate of drug-likeness (QED) is 0.0782. The first kappa shape index (κ1) is 31.0. The van der Waals surface area contributed by atoms with Crippen LogP contribution in [0, 0.1) is 13.8 Å². The molecule has 228 valence electrons. The summed E-state index contributed by atoms with van der Waals surface area (Å²) in [4.78, 5) is 24.3. The second-order valence-electron chi connectivity index (χ2n) is 10.6. The Hall–Kier alpha value is -5.45. The molecule has 1 atom stereocenters. The molecule has 0 amide bonds. The zero-order valence-corrected chi connectivity index (χ0v) is 25.2. The highest BCUT2D eigenvalue weighted by Gasteiger charge is 2.26. The molecule has 5 rings (SSSR count). The van der Waals surface area contributed by atoms with Crippen LogP contribution in [0.3, 0.4) is 0 Å². The Balaban J connectivity index is 1.65. The SMILES string of the molecule is Cc1ccccc1Nc1ccc(C(c2ccc(Nc3ccccc3C)c(C(=O)O)c2)c2ccc(S(=O)(=O)O)cc2C(=O)O)cc1. The first-order valence-electron chi connectivity index (χ1n) is 13.9. The van der Waals surface area contributed by atoms with E-state index >= 15 is 0 Å². The van der Waals surface area contributed by atoms with Crippen LogP contribution in [0.1, 0.15) is 54.5 Å². The third-order valence-electron chi connectivity index (χ3n) is 7.55. The van der Waals surface area contributed by atoms with E-state index in [1.807, 2.05) is 74.5 Å².